The number of hydrogen-bond acceptors (Lipinski definition) is 2. The van der Waals surface area contributed by atoms with Crippen LogP contribution < -0.4 is 5.32 Å². The van der Waals surface area contributed by atoms with E-state index in [0.29, 0.717) is 6.42 Å². The van der Waals surface area contributed by atoms with Crippen LogP contribution in [0.2, 0.25) is 0 Å². The molecule has 17 heavy (non-hydrogen) atoms. The number of ketones is 1. The summed E-state index contributed by atoms with van der Waals surface area (Å²) in [6, 6.07) is -1.89. The van der Waals surface area contributed by atoms with Crippen LogP contribution >= 0.6 is 0 Å². The number of rotatable bonds is 1. The molecule has 0 radical (unpaired) electrons. The van der Waals surface area contributed by atoms with Crippen molar-refractivity contribution in [3.63, 3.8) is 0 Å². The van der Waals surface area contributed by atoms with Crippen molar-refractivity contribution in [2.24, 2.45) is 11.3 Å². The Bertz CT molecular complexity index is 293. The SMILES string of the molecule is CC1NC(C(F)(F)F)CCC1C(=O)C(C)(C)C. The zero-order chi connectivity index (χ0) is 13.4. The summed E-state index contributed by atoms with van der Waals surface area (Å²) in [5.74, 6) is -0.272. The smallest absolute Gasteiger partial charge is 0.303 e. The molecular weight excluding hydrogens is 231 g/mol. The summed E-state index contributed by atoms with van der Waals surface area (Å²) in [7, 11) is 0. The minimum absolute atomic E-state index is 0.0136. The van der Waals surface area contributed by atoms with Crippen molar-refractivity contribution in [2.45, 2.75) is 58.8 Å². The number of hydrogen-bond donors (Lipinski definition) is 1. The number of halogens is 3. The van der Waals surface area contributed by atoms with E-state index in [0.717, 1.165) is 0 Å². The third-order valence-corrected chi connectivity index (χ3v) is 3.31. The van der Waals surface area contributed by atoms with Gasteiger partial charge >= 0.3 is 6.18 Å². The lowest BCUT2D eigenvalue weighted by molar-refractivity contribution is -0.167. The fraction of sp³-hybridized carbons (Fsp3) is 0.917. The average molecular weight is 251 g/mol. The number of carbonyl (C=O) groups is 1. The molecule has 0 bridgehead atoms. The van der Waals surface area contributed by atoms with E-state index in [9.17, 15) is 18.0 Å². The highest BCUT2D eigenvalue weighted by atomic mass is 19.4. The Morgan fingerprint density at radius 3 is 2.06 bits per heavy atom. The Morgan fingerprint density at radius 1 is 1.18 bits per heavy atom. The number of alkyl halides is 3. The van der Waals surface area contributed by atoms with E-state index in [2.05, 4.69) is 5.32 Å². The molecule has 1 saturated heterocycles. The highest BCUT2D eigenvalue weighted by Crippen LogP contribution is 2.33. The molecule has 1 aliphatic rings. The van der Waals surface area contributed by atoms with Crippen LogP contribution in [0.15, 0.2) is 0 Å². The van der Waals surface area contributed by atoms with Gasteiger partial charge in [-0.05, 0) is 19.8 Å². The molecule has 1 N–H and O–H groups in total. The van der Waals surface area contributed by atoms with Crippen LogP contribution in [0.3, 0.4) is 0 Å². The summed E-state index contributed by atoms with van der Waals surface area (Å²) in [5.41, 5.74) is -0.494. The van der Waals surface area contributed by atoms with Crippen LogP contribution in [0.1, 0.15) is 40.5 Å². The molecule has 3 atom stereocenters. The lowest BCUT2D eigenvalue weighted by Gasteiger charge is -2.38. The van der Waals surface area contributed by atoms with E-state index >= 15 is 0 Å². The van der Waals surface area contributed by atoms with Crippen molar-refractivity contribution >= 4 is 5.78 Å². The van der Waals surface area contributed by atoms with Crippen LogP contribution in [0.5, 0.6) is 0 Å². The van der Waals surface area contributed by atoms with E-state index in [-0.39, 0.29) is 18.1 Å². The fourth-order valence-electron chi connectivity index (χ4n) is 2.29. The monoisotopic (exact) mass is 251 g/mol. The Balaban J connectivity index is 2.70. The quantitative estimate of drug-likeness (QED) is 0.776. The van der Waals surface area contributed by atoms with Crippen LogP contribution in [-0.2, 0) is 4.79 Å². The maximum absolute atomic E-state index is 12.5. The van der Waals surface area contributed by atoms with Gasteiger partial charge in [-0.3, -0.25) is 4.79 Å². The van der Waals surface area contributed by atoms with Crippen LogP contribution in [0.4, 0.5) is 13.2 Å². The summed E-state index contributed by atoms with van der Waals surface area (Å²) < 4.78 is 37.6. The van der Waals surface area contributed by atoms with Crippen molar-refractivity contribution in [3.8, 4) is 0 Å². The predicted molar refractivity (Wildman–Crippen MR) is 59.6 cm³/mol. The zero-order valence-electron chi connectivity index (χ0n) is 10.7. The van der Waals surface area contributed by atoms with Gasteiger partial charge in [-0.25, -0.2) is 0 Å². The molecule has 0 saturated carbocycles. The summed E-state index contributed by atoms with van der Waals surface area (Å²) in [5, 5.41) is 2.51. The summed E-state index contributed by atoms with van der Waals surface area (Å²) in [6.45, 7) is 7.07. The molecule has 0 amide bonds. The number of Topliss-reactive ketones (excluding diaryl/α,β-unsaturated/α-hetero) is 1. The van der Waals surface area contributed by atoms with Crippen molar-refractivity contribution in [2.75, 3.05) is 0 Å². The first-order valence-corrected chi connectivity index (χ1v) is 5.90. The average Bonchev–Trinajstić information content (AvgIpc) is 2.13. The maximum atomic E-state index is 12.5. The van der Waals surface area contributed by atoms with E-state index in [1.165, 1.54) is 0 Å². The van der Waals surface area contributed by atoms with Gasteiger partial charge in [0.15, 0.2) is 0 Å². The van der Waals surface area contributed by atoms with E-state index in [4.69, 9.17) is 0 Å². The first-order chi connectivity index (χ1) is 7.53. The van der Waals surface area contributed by atoms with E-state index < -0.39 is 23.7 Å². The third kappa shape index (κ3) is 3.44. The largest absolute Gasteiger partial charge is 0.403 e. The van der Waals surface area contributed by atoms with Gasteiger partial charge in [-0.15, -0.1) is 0 Å². The van der Waals surface area contributed by atoms with Gasteiger partial charge in [0.2, 0.25) is 0 Å². The third-order valence-electron chi connectivity index (χ3n) is 3.31. The van der Waals surface area contributed by atoms with Crippen molar-refractivity contribution in [3.05, 3.63) is 0 Å². The molecule has 2 nitrogen and oxygen atoms in total. The number of piperidine rings is 1. The van der Waals surface area contributed by atoms with E-state index in [1.807, 2.05) is 0 Å². The molecule has 0 spiro atoms. The molecule has 0 aromatic carbocycles. The van der Waals surface area contributed by atoms with Crippen molar-refractivity contribution in [1.29, 1.82) is 0 Å². The van der Waals surface area contributed by atoms with Gasteiger partial charge in [0.1, 0.15) is 11.8 Å². The standard InChI is InChI=1S/C12H20F3NO/c1-7-8(10(17)11(2,3)4)5-6-9(16-7)12(13,14)15/h7-9,16H,5-6H2,1-4H3. The molecule has 1 rings (SSSR count). The van der Waals surface area contributed by atoms with Crippen molar-refractivity contribution in [1.82, 2.24) is 5.32 Å². The Kier molecular flexibility index (Phi) is 3.91. The summed E-state index contributed by atoms with van der Waals surface area (Å²) in [6.07, 6.45) is -3.92. The van der Waals surface area contributed by atoms with Gasteiger partial charge in [-0.2, -0.15) is 13.2 Å². The minimum Gasteiger partial charge on any atom is -0.303 e. The first-order valence-electron chi connectivity index (χ1n) is 5.90. The van der Waals surface area contributed by atoms with Gasteiger partial charge in [0.05, 0.1) is 0 Å². The Morgan fingerprint density at radius 2 is 1.71 bits per heavy atom. The summed E-state index contributed by atoms with van der Waals surface area (Å²) >= 11 is 0. The van der Waals surface area contributed by atoms with Crippen LogP contribution in [0.25, 0.3) is 0 Å². The van der Waals surface area contributed by atoms with Crippen molar-refractivity contribution < 1.29 is 18.0 Å². The normalized spacial score (nSPS) is 31.4. The second kappa shape index (κ2) is 4.59. The topological polar surface area (TPSA) is 29.1 Å². The molecule has 0 aromatic rings. The number of carbonyl (C=O) groups excluding carboxylic acids is 1. The predicted octanol–water partition coefficient (Wildman–Crippen LogP) is 2.92. The van der Waals surface area contributed by atoms with Gasteiger partial charge in [0, 0.05) is 17.4 Å². The van der Waals surface area contributed by atoms with Crippen LogP contribution in [-0.4, -0.2) is 24.0 Å². The molecular formula is C12H20F3NO. The number of nitrogens with one attached hydrogen (secondary N) is 1. The fourth-order valence-corrected chi connectivity index (χ4v) is 2.29. The molecule has 1 fully saturated rings. The lowest BCUT2D eigenvalue weighted by atomic mass is 9.75. The maximum Gasteiger partial charge on any atom is 0.403 e. The van der Waals surface area contributed by atoms with Crippen LogP contribution in [0, 0.1) is 11.3 Å². The summed E-state index contributed by atoms with van der Waals surface area (Å²) in [4.78, 5) is 12.1. The first kappa shape index (κ1) is 14.5. The molecule has 5 heteroatoms. The molecule has 0 aromatic heterocycles. The van der Waals surface area contributed by atoms with Gasteiger partial charge in [-0.1, -0.05) is 20.8 Å². The second-order valence-electron chi connectivity index (χ2n) is 5.85. The van der Waals surface area contributed by atoms with Gasteiger partial charge in [0.25, 0.3) is 0 Å². The second-order valence-corrected chi connectivity index (χ2v) is 5.85. The molecule has 1 aliphatic heterocycles. The van der Waals surface area contributed by atoms with Gasteiger partial charge < -0.3 is 5.32 Å². The zero-order valence-corrected chi connectivity index (χ0v) is 10.7. The Hall–Kier alpha value is -0.580. The molecule has 0 aliphatic carbocycles. The highest BCUT2D eigenvalue weighted by molar-refractivity contribution is 5.86. The molecule has 3 unspecified atom stereocenters. The highest BCUT2D eigenvalue weighted by Gasteiger charge is 2.46. The lowest BCUT2D eigenvalue weighted by Crippen LogP contribution is -2.55. The Labute approximate surface area is 100.0 Å². The molecule has 1 heterocycles. The van der Waals surface area contributed by atoms with E-state index in [1.54, 1.807) is 27.7 Å². The minimum atomic E-state index is -4.22. The molecule has 100 valence electrons.